The van der Waals surface area contributed by atoms with E-state index in [0.717, 1.165) is 25.0 Å². The average Bonchev–Trinajstić information content (AvgIpc) is 2.74. The summed E-state index contributed by atoms with van der Waals surface area (Å²) in [6.07, 6.45) is 3.88. The van der Waals surface area contributed by atoms with Gasteiger partial charge in [0.2, 0.25) is 0 Å². The van der Waals surface area contributed by atoms with Crippen LogP contribution >= 0.6 is 11.6 Å². The van der Waals surface area contributed by atoms with Crippen molar-refractivity contribution in [3.05, 3.63) is 40.4 Å². The van der Waals surface area contributed by atoms with Gasteiger partial charge in [0, 0.05) is 5.92 Å². The van der Waals surface area contributed by atoms with Crippen LogP contribution in [0.15, 0.2) is 18.2 Å². The van der Waals surface area contributed by atoms with Crippen molar-refractivity contribution in [2.45, 2.75) is 25.2 Å². The van der Waals surface area contributed by atoms with E-state index in [1.165, 1.54) is 12.1 Å². The normalized spacial score (nSPS) is 15.3. The number of hydrogen-bond acceptors (Lipinski definition) is 3. The van der Waals surface area contributed by atoms with Crippen molar-refractivity contribution in [2.24, 2.45) is 0 Å². The largest absolute Gasteiger partial charge is 0.296 e. The molecule has 0 unspecified atom stereocenters. The summed E-state index contributed by atoms with van der Waals surface area (Å²) >= 11 is 5.78. The van der Waals surface area contributed by atoms with Crippen molar-refractivity contribution in [2.75, 3.05) is 0 Å². The van der Waals surface area contributed by atoms with E-state index in [0.29, 0.717) is 23.6 Å². The van der Waals surface area contributed by atoms with Crippen molar-refractivity contribution in [1.82, 2.24) is 15.0 Å². The van der Waals surface area contributed by atoms with Crippen LogP contribution in [0.1, 0.15) is 41.4 Å². The molecule has 1 aliphatic carbocycles. The molecule has 98 valence electrons. The number of aldehydes is 1. The zero-order valence-corrected chi connectivity index (χ0v) is 10.8. The third kappa shape index (κ3) is 2.04. The number of aromatic nitrogens is 3. The predicted octanol–water partition coefficient (Wildman–Crippen LogP) is 3.14. The van der Waals surface area contributed by atoms with Gasteiger partial charge in [0.05, 0.1) is 16.4 Å². The Labute approximate surface area is 114 Å². The fourth-order valence-electron chi connectivity index (χ4n) is 2.26. The van der Waals surface area contributed by atoms with Gasteiger partial charge in [0.15, 0.2) is 6.29 Å². The van der Waals surface area contributed by atoms with E-state index in [9.17, 15) is 9.18 Å². The van der Waals surface area contributed by atoms with E-state index in [1.807, 2.05) is 0 Å². The van der Waals surface area contributed by atoms with Crippen LogP contribution in [-0.2, 0) is 0 Å². The summed E-state index contributed by atoms with van der Waals surface area (Å²) in [6.45, 7) is 0. The van der Waals surface area contributed by atoms with Crippen LogP contribution in [0.4, 0.5) is 4.39 Å². The third-order valence-electron chi connectivity index (χ3n) is 3.48. The summed E-state index contributed by atoms with van der Waals surface area (Å²) in [5.41, 5.74) is 1.77. The first-order chi connectivity index (χ1) is 9.20. The summed E-state index contributed by atoms with van der Waals surface area (Å²) < 4.78 is 14.8. The molecule has 0 radical (unpaired) electrons. The van der Waals surface area contributed by atoms with Gasteiger partial charge in [-0.25, -0.2) is 9.07 Å². The summed E-state index contributed by atoms with van der Waals surface area (Å²) in [4.78, 5) is 11.0. The van der Waals surface area contributed by atoms with Gasteiger partial charge in [-0.05, 0) is 31.0 Å². The molecule has 6 heteroatoms. The van der Waals surface area contributed by atoms with E-state index < -0.39 is 5.82 Å². The summed E-state index contributed by atoms with van der Waals surface area (Å²) in [5, 5.41) is 7.89. The quantitative estimate of drug-likeness (QED) is 0.811. The number of rotatable bonds is 3. The van der Waals surface area contributed by atoms with Gasteiger partial charge in [0.25, 0.3) is 0 Å². The lowest BCUT2D eigenvalue weighted by Crippen LogP contribution is -2.16. The summed E-state index contributed by atoms with van der Waals surface area (Å²) in [7, 11) is 0. The second-order valence-corrected chi connectivity index (χ2v) is 5.02. The Morgan fingerprint density at radius 3 is 2.79 bits per heavy atom. The fraction of sp³-hybridized carbons (Fsp3) is 0.308. The van der Waals surface area contributed by atoms with Crippen LogP contribution < -0.4 is 0 Å². The lowest BCUT2D eigenvalue weighted by Gasteiger charge is -2.26. The highest BCUT2D eigenvalue weighted by Crippen LogP contribution is 2.38. The molecule has 0 amide bonds. The number of hydrogen-bond donors (Lipinski definition) is 0. The van der Waals surface area contributed by atoms with Crippen molar-refractivity contribution in [1.29, 1.82) is 0 Å². The molecule has 0 N–H and O–H groups in total. The molecule has 19 heavy (non-hydrogen) atoms. The molecule has 0 saturated heterocycles. The van der Waals surface area contributed by atoms with Crippen molar-refractivity contribution >= 4 is 17.9 Å². The highest BCUT2D eigenvalue weighted by molar-refractivity contribution is 6.30. The van der Waals surface area contributed by atoms with Gasteiger partial charge in [0.1, 0.15) is 11.5 Å². The lowest BCUT2D eigenvalue weighted by atomic mass is 9.82. The minimum Gasteiger partial charge on any atom is -0.296 e. The molecule has 0 spiro atoms. The minimum atomic E-state index is -0.480. The van der Waals surface area contributed by atoms with E-state index in [4.69, 9.17) is 11.6 Å². The zero-order chi connectivity index (χ0) is 13.4. The third-order valence-corrected chi connectivity index (χ3v) is 3.77. The van der Waals surface area contributed by atoms with Gasteiger partial charge in [-0.2, -0.15) is 0 Å². The molecule has 1 aromatic carbocycles. The Balaban J connectivity index is 2.11. The van der Waals surface area contributed by atoms with Gasteiger partial charge in [-0.3, -0.25) is 4.79 Å². The highest BCUT2D eigenvalue weighted by atomic mass is 35.5. The molecule has 4 nitrogen and oxygen atoms in total. The molecule has 1 aliphatic rings. The van der Waals surface area contributed by atoms with Crippen LogP contribution in [0.2, 0.25) is 5.02 Å². The first-order valence-corrected chi connectivity index (χ1v) is 6.44. The van der Waals surface area contributed by atoms with E-state index in [1.54, 1.807) is 10.7 Å². The van der Waals surface area contributed by atoms with Gasteiger partial charge < -0.3 is 0 Å². The molecule has 3 rings (SSSR count). The lowest BCUT2D eigenvalue weighted by molar-refractivity contribution is 0.111. The highest BCUT2D eigenvalue weighted by Gasteiger charge is 2.28. The fourth-order valence-corrected chi connectivity index (χ4v) is 2.43. The Morgan fingerprint density at radius 1 is 1.42 bits per heavy atom. The minimum absolute atomic E-state index is 0.0280. The number of carbonyl (C=O) groups is 1. The Morgan fingerprint density at radius 2 is 2.21 bits per heavy atom. The standard InChI is InChI=1S/C13H11ClFN3O/c14-10-6-9(4-5-11(10)15)18-13(8-2-1-3-8)12(7-19)16-17-18/h4-8H,1-3H2. The number of benzene rings is 1. The molecule has 0 atom stereocenters. The van der Waals surface area contributed by atoms with Crippen LogP contribution in [0.5, 0.6) is 0 Å². The molecule has 0 aliphatic heterocycles. The predicted molar refractivity (Wildman–Crippen MR) is 68.3 cm³/mol. The zero-order valence-electron chi connectivity index (χ0n) is 10.0. The summed E-state index contributed by atoms with van der Waals surface area (Å²) in [6, 6.07) is 4.35. The first kappa shape index (κ1) is 12.3. The SMILES string of the molecule is O=Cc1nnn(-c2ccc(F)c(Cl)c2)c1C1CCC1. The maximum absolute atomic E-state index is 13.2. The van der Waals surface area contributed by atoms with E-state index >= 15 is 0 Å². The van der Waals surface area contributed by atoms with Crippen molar-refractivity contribution in [3.8, 4) is 5.69 Å². The summed E-state index contributed by atoms with van der Waals surface area (Å²) in [5.74, 6) is -0.189. The van der Waals surface area contributed by atoms with Gasteiger partial charge in [-0.15, -0.1) is 5.10 Å². The molecule has 0 bridgehead atoms. The number of carbonyl (C=O) groups excluding carboxylic acids is 1. The second kappa shape index (κ2) is 4.74. The van der Waals surface area contributed by atoms with Gasteiger partial charge >= 0.3 is 0 Å². The molecule has 2 aromatic rings. The Kier molecular flexibility index (Phi) is 3.06. The molecule has 1 fully saturated rings. The molecular formula is C13H11ClFN3O. The Bertz CT molecular complexity index is 637. The molecule has 1 saturated carbocycles. The van der Waals surface area contributed by atoms with Crippen LogP contribution in [0.3, 0.4) is 0 Å². The van der Waals surface area contributed by atoms with Crippen LogP contribution in [0, 0.1) is 5.82 Å². The van der Waals surface area contributed by atoms with E-state index in [2.05, 4.69) is 10.3 Å². The van der Waals surface area contributed by atoms with Crippen LogP contribution in [0.25, 0.3) is 5.69 Å². The van der Waals surface area contributed by atoms with Crippen molar-refractivity contribution < 1.29 is 9.18 Å². The molecule has 1 heterocycles. The second-order valence-electron chi connectivity index (χ2n) is 4.62. The smallest absolute Gasteiger partial charge is 0.172 e. The first-order valence-electron chi connectivity index (χ1n) is 6.07. The molecular weight excluding hydrogens is 269 g/mol. The van der Waals surface area contributed by atoms with Crippen molar-refractivity contribution in [3.63, 3.8) is 0 Å². The number of halogens is 2. The van der Waals surface area contributed by atoms with Gasteiger partial charge in [-0.1, -0.05) is 23.2 Å². The molecule has 1 aromatic heterocycles. The maximum atomic E-state index is 13.2. The average molecular weight is 280 g/mol. The monoisotopic (exact) mass is 279 g/mol. The number of nitrogens with zero attached hydrogens (tertiary/aromatic N) is 3. The topological polar surface area (TPSA) is 47.8 Å². The Hall–Kier alpha value is -1.75. The van der Waals surface area contributed by atoms with E-state index in [-0.39, 0.29) is 5.02 Å². The van der Waals surface area contributed by atoms with Crippen LogP contribution in [-0.4, -0.2) is 21.3 Å². The maximum Gasteiger partial charge on any atom is 0.172 e.